The second-order valence-electron chi connectivity index (χ2n) is 4.49. The molecule has 0 aliphatic carbocycles. The van der Waals surface area contributed by atoms with Gasteiger partial charge in [-0.1, -0.05) is 0 Å². The van der Waals surface area contributed by atoms with E-state index < -0.39 is 0 Å². The van der Waals surface area contributed by atoms with E-state index >= 15 is 0 Å². The molecule has 4 heteroatoms. The second-order valence-corrected chi connectivity index (χ2v) is 4.49. The van der Waals surface area contributed by atoms with E-state index in [1.165, 1.54) is 0 Å². The summed E-state index contributed by atoms with van der Waals surface area (Å²) in [5.41, 5.74) is 2.48. The van der Waals surface area contributed by atoms with Crippen LogP contribution in [-0.2, 0) is 0 Å². The zero-order chi connectivity index (χ0) is 11.7. The molecule has 2 aromatic rings. The summed E-state index contributed by atoms with van der Waals surface area (Å²) in [5.74, 6) is 0.383. The fourth-order valence-corrected chi connectivity index (χ4v) is 2.45. The largest absolute Gasteiger partial charge is 0.359 e. The predicted molar refractivity (Wildman–Crippen MR) is 66.0 cm³/mol. The standard InChI is InChI=1S/C13H15N3O/c17-13(9-3-6-14-7-4-9)10-8-16-11-2-1-5-15-12(10)11/h1-2,5,8-9,14,16H,3-4,6-7H2. The molecule has 0 unspecified atom stereocenters. The Morgan fingerprint density at radius 1 is 1.35 bits per heavy atom. The van der Waals surface area contributed by atoms with Crippen LogP contribution in [0.25, 0.3) is 11.0 Å². The summed E-state index contributed by atoms with van der Waals surface area (Å²) in [6.07, 6.45) is 5.38. The molecule has 88 valence electrons. The summed E-state index contributed by atoms with van der Waals surface area (Å²) in [6, 6.07) is 3.82. The molecule has 1 aliphatic heterocycles. The molecule has 0 spiro atoms. The van der Waals surface area contributed by atoms with Gasteiger partial charge in [0.25, 0.3) is 0 Å². The Hall–Kier alpha value is -1.68. The quantitative estimate of drug-likeness (QED) is 0.771. The topological polar surface area (TPSA) is 57.8 Å². The van der Waals surface area contributed by atoms with Gasteiger partial charge in [0.15, 0.2) is 5.78 Å². The molecule has 0 aromatic carbocycles. The van der Waals surface area contributed by atoms with Crippen molar-refractivity contribution in [3.8, 4) is 0 Å². The molecule has 0 radical (unpaired) electrons. The van der Waals surface area contributed by atoms with Crippen molar-refractivity contribution in [2.75, 3.05) is 13.1 Å². The van der Waals surface area contributed by atoms with Crippen LogP contribution >= 0.6 is 0 Å². The average Bonchev–Trinajstić information content (AvgIpc) is 2.83. The maximum Gasteiger partial charge on any atom is 0.169 e. The number of hydrogen-bond donors (Lipinski definition) is 2. The summed E-state index contributed by atoms with van der Waals surface area (Å²) in [5, 5.41) is 3.28. The van der Waals surface area contributed by atoms with Crippen molar-refractivity contribution in [1.29, 1.82) is 0 Å². The molecule has 0 amide bonds. The van der Waals surface area contributed by atoms with E-state index in [1.807, 2.05) is 12.1 Å². The van der Waals surface area contributed by atoms with Gasteiger partial charge in [0, 0.05) is 18.3 Å². The highest BCUT2D eigenvalue weighted by Crippen LogP contribution is 2.22. The first kappa shape index (κ1) is 10.5. The van der Waals surface area contributed by atoms with Crippen molar-refractivity contribution in [3.05, 3.63) is 30.1 Å². The first-order valence-corrected chi connectivity index (χ1v) is 6.03. The number of aromatic nitrogens is 2. The second kappa shape index (κ2) is 4.30. The normalized spacial score (nSPS) is 17.4. The van der Waals surface area contributed by atoms with Crippen LogP contribution in [0.5, 0.6) is 0 Å². The molecule has 3 heterocycles. The molecule has 2 N–H and O–H groups in total. The minimum Gasteiger partial charge on any atom is -0.359 e. The van der Waals surface area contributed by atoms with Crippen LogP contribution in [0.4, 0.5) is 0 Å². The van der Waals surface area contributed by atoms with E-state index in [4.69, 9.17) is 0 Å². The summed E-state index contributed by atoms with van der Waals surface area (Å²) >= 11 is 0. The molecule has 1 fully saturated rings. The third-order valence-electron chi connectivity index (χ3n) is 3.41. The minimum atomic E-state index is 0.150. The van der Waals surface area contributed by atoms with Gasteiger partial charge in [-0.15, -0.1) is 0 Å². The van der Waals surface area contributed by atoms with Crippen molar-refractivity contribution < 1.29 is 4.79 Å². The molecule has 0 saturated carbocycles. The molecule has 1 saturated heterocycles. The Morgan fingerprint density at radius 3 is 3.00 bits per heavy atom. The number of Topliss-reactive ketones (excluding diaryl/α,β-unsaturated/α-hetero) is 1. The zero-order valence-corrected chi connectivity index (χ0v) is 9.57. The van der Waals surface area contributed by atoms with Crippen LogP contribution in [0.3, 0.4) is 0 Å². The van der Waals surface area contributed by atoms with Gasteiger partial charge in [0.05, 0.1) is 16.6 Å². The van der Waals surface area contributed by atoms with Crippen LogP contribution in [0.1, 0.15) is 23.2 Å². The van der Waals surface area contributed by atoms with Crippen molar-refractivity contribution in [2.24, 2.45) is 5.92 Å². The smallest absolute Gasteiger partial charge is 0.169 e. The number of fused-ring (bicyclic) bond motifs is 1. The third kappa shape index (κ3) is 1.85. The molecule has 0 bridgehead atoms. The van der Waals surface area contributed by atoms with Crippen LogP contribution in [0.2, 0.25) is 0 Å². The number of ketones is 1. The van der Waals surface area contributed by atoms with Crippen LogP contribution in [-0.4, -0.2) is 28.8 Å². The fraction of sp³-hybridized carbons (Fsp3) is 0.385. The average molecular weight is 229 g/mol. The Balaban J connectivity index is 1.95. The number of carbonyl (C=O) groups is 1. The van der Waals surface area contributed by atoms with Gasteiger partial charge in [-0.2, -0.15) is 0 Å². The minimum absolute atomic E-state index is 0.150. The Morgan fingerprint density at radius 2 is 2.18 bits per heavy atom. The Bertz CT molecular complexity index is 540. The molecular formula is C13H15N3O. The lowest BCUT2D eigenvalue weighted by atomic mass is 9.90. The van der Waals surface area contributed by atoms with Crippen LogP contribution in [0, 0.1) is 5.92 Å². The lowest BCUT2D eigenvalue weighted by Crippen LogP contribution is -2.31. The van der Waals surface area contributed by atoms with Crippen LogP contribution in [0.15, 0.2) is 24.5 Å². The van der Waals surface area contributed by atoms with Gasteiger partial charge in [-0.05, 0) is 38.1 Å². The molecule has 0 atom stereocenters. The SMILES string of the molecule is O=C(c1c[nH]c2cccnc12)C1CCNCC1. The van der Waals surface area contributed by atoms with Crippen molar-refractivity contribution >= 4 is 16.8 Å². The number of aromatic amines is 1. The highest BCUT2D eigenvalue weighted by Gasteiger charge is 2.24. The number of rotatable bonds is 2. The number of pyridine rings is 1. The van der Waals surface area contributed by atoms with E-state index in [-0.39, 0.29) is 11.7 Å². The lowest BCUT2D eigenvalue weighted by molar-refractivity contribution is 0.0896. The third-order valence-corrected chi connectivity index (χ3v) is 3.41. The maximum atomic E-state index is 12.4. The van der Waals surface area contributed by atoms with E-state index in [0.717, 1.165) is 42.5 Å². The monoisotopic (exact) mass is 229 g/mol. The molecule has 4 nitrogen and oxygen atoms in total. The first-order chi connectivity index (χ1) is 8.36. The zero-order valence-electron chi connectivity index (χ0n) is 9.57. The maximum absolute atomic E-state index is 12.4. The van der Waals surface area contributed by atoms with Crippen molar-refractivity contribution in [2.45, 2.75) is 12.8 Å². The fourth-order valence-electron chi connectivity index (χ4n) is 2.45. The highest BCUT2D eigenvalue weighted by atomic mass is 16.1. The van der Waals surface area contributed by atoms with Gasteiger partial charge in [-0.3, -0.25) is 9.78 Å². The van der Waals surface area contributed by atoms with Gasteiger partial charge in [-0.25, -0.2) is 0 Å². The van der Waals surface area contributed by atoms with E-state index in [9.17, 15) is 4.79 Å². The van der Waals surface area contributed by atoms with Gasteiger partial charge in [0.2, 0.25) is 0 Å². The highest BCUT2D eigenvalue weighted by molar-refractivity contribution is 6.07. The van der Waals surface area contributed by atoms with Gasteiger partial charge >= 0.3 is 0 Å². The molecule has 3 rings (SSSR count). The summed E-state index contributed by atoms with van der Waals surface area (Å²) in [6.45, 7) is 1.87. The van der Waals surface area contributed by atoms with E-state index in [2.05, 4.69) is 15.3 Å². The molecule has 2 aromatic heterocycles. The van der Waals surface area contributed by atoms with E-state index in [0.29, 0.717) is 0 Å². The number of hydrogen-bond acceptors (Lipinski definition) is 3. The van der Waals surface area contributed by atoms with Gasteiger partial charge in [0.1, 0.15) is 0 Å². The lowest BCUT2D eigenvalue weighted by Gasteiger charge is -2.20. The van der Waals surface area contributed by atoms with Crippen molar-refractivity contribution in [1.82, 2.24) is 15.3 Å². The first-order valence-electron chi connectivity index (χ1n) is 6.03. The number of piperidine rings is 1. The molecular weight excluding hydrogens is 214 g/mol. The van der Waals surface area contributed by atoms with E-state index in [1.54, 1.807) is 12.4 Å². The Kier molecular flexibility index (Phi) is 2.65. The summed E-state index contributed by atoms with van der Waals surface area (Å²) in [7, 11) is 0. The van der Waals surface area contributed by atoms with Crippen molar-refractivity contribution in [3.63, 3.8) is 0 Å². The predicted octanol–water partition coefficient (Wildman–Crippen LogP) is 1.75. The number of H-pyrrole nitrogens is 1. The number of nitrogens with zero attached hydrogens (tertiary/aromatic N) is 1. The van der Waals surface area contributed by atoms with Gasteiger partial charge < -0.3 is 10.3 Å². The number of nitrogens with one attached hydrogen (secondary N) is 2. The summed E-state index contributed by atoms with van der Waals surface area (Å²) in [4.78, 5) is 19.8. The Labute approximate surface area is 99.4 Å². The number of carbonyl (C=O) groups excluding carboxylic acids is 1. The summed E-state index contributed by atoms with van der Waals surface area (Å²) < 4.78 is 0. The van der Waals surface area contributed by atoms with Crippen LogP contribution < -0.4 is 5.32 Å². The molecule has 1 aliphatic rings. The molecule has 17 heavy (non-hydrogen) atoms.